The number of nitrogens with two attached hydrogens (primary N) is 1. The highest BCUT2D eigenvalue weighted by Gasteiger charge is 2.59. The average Bonchev–Trinajstić information content (AvgIpc) is 2.68. The van der Waals surface area contributed by atoms with E-state index in [1.807, 2.05) is 0 Å². The molecular weight excluding hydrogens is 433 g/mol. The Labute approximate surface area is 188 Å². The van der Waals surface area contributed by atoms with E-state index in [4.69, 9.17) is 5.73 Å². The molecule has 6 rings (SSSR count). The van der Waals surface area contributed by atoms with Gasteiger partial charge in [-0.3, -0.25) is 9.59 Å². The van der Waals surface area contributed by atoms with Crippen molar-refractivity contribution in [2.24, 2.45) is 34.8 Å². The second-order valence-electron chi connectivity index (χ2n) is 10.9. The first-order valence-electron chi connectivity index (χ1n) is 11.8. The van der Waals surface area contributed by atoms with Crippen molar-refractivity contribution in [1.29, 1.82) is 0 Å². The third-order valence-corrected chi connectivity index (χ3v) is 10.4. The SMILES string of the molecule is CC1CC=C(S(=O)(=O)NC2(C(=O)NC3C4CC5CC3CC(C(N)=O)(C5)C4)CCC2)C=C1F. The van der Waals surface area contributed by atoms with Crippen LogP contribution in [0.5, 0.6) is 0 Å². The molecule has 32 heavy (non-hydrogen) atoms. The largest absolute Gasteiger partial charge is 0.369 e. The monoisotopic (exact) mass is 465 g/mol. The summed E-state index contributed by atoms with van der Waals surface area (Å²) in [6, 6.07) is -0.0550. The molecule has 3 atom stereocenters. The number of carbonyl (C=O) groups excluding carboxylic acids is 2. The third kappa shape index (κ3) is 3.43. The van der Waals surface area contributed by atoms with Gasteiger partial charge in [-0.25, -0.2) is 12.8 Å². The maximum Gasteiger partial charge on any atom is 0.241 e. The van der Waals surface area contributed by atoms with E-state index in [0.29, 0.717) is 38.0 Å². The van der Waals surface area contributed by atoms with Gasteiger partial charge in [0.25, 0.3) is 0 Å². The van der Waals surface area contributed by atoms with Gasteiger partial charge in [0, 0.05) is 17.4 Å². The molecule has 0 aromatic heterocycles. The van der Waals surface area contributed by atoms with Crippen molar-refractivity contribution in [2.45, 2.75) is 76.3 Å². The minimum absolute atomic E-state index is 0.0550. The Bertz CT molecular complexity index is 1000. The topological polar surface area (TPSA) is 118 Å². The van der Waals surface area contributed by atoms with Gasteiger partial charge >= 0.3 is 0 Å². The van der Waals surface area contributed by atoms with E-state index in [0.717, 1.165) is 31.8 Å². The molecule has 7 nitrogen and oxygen atoms in total. The fourth-order valence-electron chi connectivity index (χ4n) is 7.00. The van der Waals surface area contributed by atoms with Crippen molar-refractivity contribution >= 4 is 21.8 Å². The van der Waals surface area contributed by atoms with Gasteiger partial charge in [-0.05, 0) is 81.6 Å². The van der Waals surface area contributed by atoms with Crippen LogP contribution in [0.15, 0.2) is 22.9 Å². The van der Waals surface area contributed by atoms with Crippen molar-refractivity contribution in [3.63, 3.8) is 0 Å². The van der Waals surface area contributed by atoms with Crippen LogP contribution in [-0.2, 0) is 19.6 Å². The number of hydrogen-bond donors (Lipinski definition) is 3. The number of halogens is 1. The number of carbonyl (C=O) groups is 2. The molecule has 0 spiro atoms. The molecular formula is C23H32FN3O4S. The lowest BCUT2D eigenvalue weighted by atomic mass is 9.47. The normalized spacial score (nSPS) is 39.6. The molecule has 0 aromatic rings. The van der Waals surface area contributed by atoms with E-state index in [9.17, 15) is 22.4 Å². The van der Waals surface area contributed by atoms with E-state index >= 15 is 0 Å². The van der Waals surface area contributed by atoms with Crippen LogP contribution >= 0.6 is 0 Å². The molecule has 6 aliphatic carbocycles. The summed E-state index contributed by atoms with van der Waals surface area (Å²) < 4.78 is 42.6. The molecule has 0 heterocycles. The molecule has 5 saturated carbocycles. The van der Waals surface area contributed by atoms with Crippen molar-refractivity contribution in [3.05, 3.63) is 22.9 Å². The van der Waals surface area contributed by atoms with Crippen LogP contribution in [0.25, 0.3) is 0 Å². The molecule has 4 N–H and O–H groups in total. The first-order valence-corrected chi connectivity index (χ1v) is 13.2. The first-order chi connectivity index (χ1) is 15.0. The van der Waals surface area contributed by atoms with E-state index in [2.05, 4.69) is 10.0 Å². The maximum absolute atomic E-state index is 14.0. The minimum atomic E-state index is -4.01. The Morgan fingerprint density at radius 1 is 1.16 bits per heavy atom. The Balaban J connectivity index is 1.32. The van der Waals surface area contributed by atoms with E-state index in [1.54, 1.807) is 6.92 Å². The van der Waals surface area contributed by atoms with Crippen molar-refractivity contribution in [3.8, 4) is 0 Å². The molecule has 0 saturated heterocycles. The molecule has 2 amide bonds. The molecule has 3 unspecified atom stereocenters. The molecule has 0 aromatic carbocycles. The quantitative estimate of drug-likeness (QED) is 0.558. The van der Waals surface area contributed by atoms with Gasteiger partial charge in [0.2, 0.25) is 21.8 Å². The number of rotatable bonds is 6. The zero-order chi connectivity index (χ0) is 22.9. The van der Waals surface area contributed by atoms with Gasteiger partial charge in [-0.2, -0.15) is 4.72 Å². The molecule has 4 bridgehead atoms. The number of allylic oxidation sites excluding steroid dienone is 3. The van der Waals surface area contributed by atoms with Gasteiger partial charge in [-0.1, -0.05) is 13.0 Å². The van der Waals surface area contributed by atoms with E-state index in [-0.39, 0.29) is 40.5 Å². The number of sulfonamides is 1. The highest BCUT2D eigenvalue weighted by Crippen LogP contribution is 2.60. The standard InChI is InChI=1S/C23H32FN3O4S/c1-13-3-4-17(9-18(13)24)32(30,31)27-23(5-2-6-23)21(29)26-19-15-7-14-8-16(19)12-22(10-14,11-15)20(25)28/h4,9,13-16,19,27H,2-3,5-8,10-12H2,1H3,(H2,25,28)(H,26,29). The summed E-state index contributed by atoms with van der Waals surface area (Å²) >= 11 is 0. The lowest BCUT2D eigenvalue weighted by Gasteiger charge is -2.59. The predicted molar refractivity (Wildman–Crippen MR) is 117 cm³/mol. The predicted octanol–water partition coefficient (Wildman–Crippen LogP) is 2.40. The Morgan fingerprint density at radius 3 is 2.34 bits per heavy atom. The summed E-state index contributed by atoms with van der Waals surface area (Å²) in [4.78, 5) is 25.5. The average molecular weight is 466 g/mol. The van der Waals surface area contributed by atoms with Crippen molar-refractivity contribution in [2.75, 3.05) is 0 Å². The van der Waals surface area contributed by atoms with Crippen LogP contribution in [0, 0.1) is 29.1 Å². The number of nitrogens with one attached hydrogen (secondary N) is 2. The summed E-state index contributed by atoms with van der Waals surface area (Å²) in [6.07, 6.45) is 8.69. The highest BCUT2D eigenvalue weighted by atomic mass is 32.2. The number of hydrogen-bond acceptors (Lipinski definition) is 4. The minimum Gasteiger partial charge on any atom is -0.369 e. The molecule has 5 fully saturated rings. The summed E-state index contributed by atoms with van der Waals surface area (Å²) in [5.74, 6) is -0.441. The Hall–Kier alpha value is -1.74. The van der Waals surface area contributed by atoms with Crippen LogP contribution < -0.4 is 15.8 Å². The van der Waals surface area contributed by atoms with Gasteiger partial charge in [0.15, 0.2) is 0 Å². The summed E-state index contributed by atoms with van der Waals surface area (Å²) in [5.41, 5.74) is 4.13. The van der Waals surface area contributed by atoms with E-state index < -0.39 is 26.8 Å². The second kappa shape index (κ2) is 7.38. The molecule has 0 aliphatic heterocycles. The third-order valence-electron chi connectivity index (χ3n) is 8.80. The first kappa shape index (κ1) is 22.1. The zero-order valence-corrected chi connectivity index (χ0v) is 19.2. The smallest absolute Gasteiger partial charge is 0.241 e. The molecule has 0 radical (unpaired) electrons. The summed E-state index contributed by atoms with van der Waals surface area (Å²) in [5, 5.41) is 3.18. The van der Waals surface area contributed by atoms with E-state index in [1.165, 1.54) is 6.08 Å². The van der Waals surface area contributed by atoms with Crippen molar-refractivity contribution in [1.82, 2.24) is 10.0 Å². The second-order valence-corrected chi connectivity index (χ2v) is 12.6. The fourth-order valence-corrected chi connectivity index (χ4v) is 8.52. The number of primary amides is 1. The Morgan fingerprint density at radius 2 is 1.81 bits per heavy atom. The highest BCUT2D eigenvalue weighted by molar-refractivity contribution is 7.93. The van der Waals surface area contributed by atoms with Crippen LogP contribution in [0.1, 0.15) is 64.7 Å². The summed E-state index contributed by atoms with van der Waals surface area (Å²) in [6.45, 7) is 1.70. The molecule has 176 valence electrons. The van der Waals surface area contributed by atoms with Crippen LogP contribution in [0.2, 0.25) is 0 Å². The van der Waals surface area contributed by atoms with Gasteiger partial charge in [0.05, 0.1) is 4.91 Å². The van der Waals surface area contributed by atoms with Crippen LogP contribution in [0.3, 0.4) is 0 Å². The number of amides is 2. The van der Waals surface area contributed by atoms with Gasteiger partial charge in [-0.15, -0.1) is 0 Å². The van der Waals surface area contributed by atoms with Crippen molar-refractivity contribution < 1.29 is 22.4 Å². The maximum atomic E-state index is 14.0. The fraction of sp³-hybridized carbons (Fsp3) is 0.739. The molecule has 6 aliphatic rings. The van der Waals surface area contributed by atoms with Gasteiger partial charge < -0.3 is 11.1 Å². The van der Waals surface area contributed by atoms with Crippen LogP contribution in [-0.4, -0.2) is 31.8 Å². The lowest BCUT2D eigenvalue weighted by molar-refractivity contribution is -0.149. The van der Waals surface area contributed by atoms with Gasteiger partial charge in [0.1, 0.15) is 11.4 Å². The zero-order valence-electron chi connectivity index (χ0n) is 18.4. The molecule has 9 heteroatoms. The summed E-state index contributed by atoms with van der Waals surface area (Å²) in [7, 11) is -4.01. The lowest BCUT2D eigenvalue weighted by Crippen LogP contribution is -2.68. The van der Waals surface area contributed by atoms with Crippen LogP contribution in [0.4, 0.5) is 4.39 Å². The Kier molecular flexibility index (Phi) is 5.09.